The molecule has 3 fully saturated rings. The second kappa shape index (κ2) is 13.2. The van der Waals surface area contributed by atoms with Crippen molar-refractivity contribution in [1.29, 1.82) is 0 Å². The number of likely N-dealkylation sites (tertiary alicyclic amines) is 1. The number of carbonyl (C=O) groups excluding carboxylic acids is 2. The molecule has 284 valence electrons. The van der Waals surface area contributed by atoms with E-state index in [0.717, 1.165) is 41.6 Å². The fourth-order valence-corrected chi connectivity index (χ4v) is 9.55. The number of hydrogen-bond donors (Lipinski definition) is 2. The molecule has 2 N–H and O–H groups in total. The minimum Gasteiger partial charge on any atom is -0.453 e. The minimum absolute atomic E-state index is 0.0890. The highest BCUT2D eigenvalue weighted by molar-refractivity contribution is 6.65. The molecule has 4 atom stereocenters. The second-order valence-electron chi connectivity index (χ2n) is 17.4. The maximum Gasteiger partial charge on any atom is 0.495 e. The Morgan fingerprint density at radius 1 is 0.927 bits per heavy atom. The number of methoxy groups -OCH3 is 1. The van der Waals surface area contributed by atoms with Crippen molar-refractivity contribution in [3.05, 3.63) is 83.7 Å². The number of nitrogens with one attached hydrogen (secondary N) is 2. The largest absolute Gasteiger partial charge is 0.495 e. The maximum atomic E-state index is 13.8. The third-order valence-electron chi connectivity index (χ3n) is 13.4. The predicted octanol–water partition coefficient (Wildman–Crippen LogP) is 8.44. The van der Waals surface area contributed by atoms with Crippen molar-refractivity contribution in [2.45, 2.75) is 103 Å². The van der Waals surface area contributed by atoms with Crippen LogP contribution in [0.5, 0.6) is 0 Å². The van der Waals surface area contributed by atoms with Gasteiger partial charge in [0.05, 0.1) is 35.4 Å². The summed E-state index contributed by atoms with van der Waals surface area (Å²) < 4.78 is 17.9. The first-order valence-corrected chi connectivity index (χ1v) is 20.0. The molecule has 4 aromatic carbocycles. The van der Waals surface area contributed by atoms with Gasteiger partial charge in [-0.05, 0) is 139 Å². The first-order valence-electron chi connectivity index (χ1n) is 20.0. The van der Waals surface area contributed by atoms with E-state index in [4.69, 9.17) is 19.0 Å². The summed E-state index contributed by atoms with van der Waals surface area (Å²) in [4.78, 5) is 36.3. The van der Waals surface area contributed by atoms with Crippen molar-refractivity contribution < 1.29 is 23.6 Å². The van der Waals surface area contributed by atoms with Gasteiger partial charge in [0.15, 0.2) is 0 Å². The van der Waals surface area contributed by atoms with Crippen LogP contribution in [0.15, 0.2) is 66.7 Å². The topological polar surface area (TPSA) is 106 Å². The molecular weight excluding hydrogens is 687 g/mol. The van der Waals surface area contributed by atoms with Gasteiger partial charge in [0.2, 0.25) is 5.91 Å². The average Bonchev–Trinajstić information content (AvgIpc) is 3.91. The van der Waals surface area contributed by atoms with Crippen molar-refractivity contribution in [3.63, 3.8) is 0 Å². The third kappa shape index (κ3) is 5.86. The normalized spacial score (nSPS) is 22.9. The van der Waals surface area contributed by atoms with Crippen LogP contribution in [-0.2, 0) is 25.3 Å². The molecule has 2 amide bonds. The zero-order valence-electron chi connectivity index (χ0n) is 33.0. The number of ether oxygens (including phenoxy) is 1. The van der Waals surface area contributed by atoms with Crippen molar-refractivity contribution in [3.8, 4) is 22.3 Å². The number of nitrogens with zero attached hydrogens (tertiary/aromatic N) is 2. The molecule has 2 aliphatic carbocycles. The van der Waals surface area contributed by atoms with Gasteiger partial charge >= 0.3 is 13.2 Å². The maximum absolute atomic E-state index is 13.8. The molecule has 1 saturated carbocycles. The van der Waals surface area contributed by atoms with Crippen molar-refractivity contribution >= 4 is 46.4 Å². The summed E-state index contributed by atoms with van der Waals surface area (Å²) >= 11 is 0. The van der Waals surface area contributed by atoms with Crippen molar-refractivity contribution in [2.75, 3.05) is 13.7 Å². The standard InChI is InChI=1S/C45H51BN4O5/c1-25(2)40(49-43(52)53-7)42(51)50-22-10-13-38(50)41-47-36-21-15-27(24-37(36)48-41)28-17-18-33(39-29-16-14-26(29)23-34(28)39)31-19-20-35(32-12-9-8-11-30(31)32)46-54-44(3,4)45(5,6)55-46/h8-9,11-12,15,17-21,24-26,29,38,40H,10,13-14,16,22-23H2,1-7H3,(H,47,48)(H,49,52)/t26?,29?,38-,40-/m0/s1. The summed E-state index contributed by atoms with van der Waals surface area (Å²) in [7, 11) is 0.888. The molecule has 2 unspecified atom stereocenters. The Bertz CT molecular complexity index is 2330. The number of H-pyrrole nitrogens is 1. The molecule has 0 spiro atoms. The molecule has 9 rings (SSSR count). The summed E-state index contributed by atoms with van der Waals surface area (Å²) in [6.07, 6.45) is 4.67. The molecule has 1 aromatic heterocycles. The first kappa shape index (κ1) is 36.0. The van der Waals surface area contributed by atoms with E-state index in [0.29, 0.717) is 18.4 Å². The van der Waals surface area contributed by atoms with Crippen molar-refractivity contribution in [1.82, 2.24) is 20.2 Å². The molecule has 0 bridgehead atoms. The number of hydrogen-bond acceptors (Lipinski definition) is 6. The molecule has 5 aromatic rings. The molecule has 0 radical (unpaired) electrons. The third-order valence-corrected chi connectivity index (χ3v) is 13.4. The number of amides is 2. The van der Waals surface area contributed by atoms with Crippen LogP contribution in [0, 0.1) is 11.8 Å². The van der Waals surface area contributed by atoms with Gasteiger partial charge in [-0.2, -0.15) is 0 Å². The van der Waals surface area contributed by atoms with E-state index in [1.165, 1.54) is 64.1 Å². The molecule has 3 heterocycles. The average molecular weight is 739 g/mol. The molecule has 4 aliphatic rings. The van der Waals surface area contributed by atoms with Gasteiger partial charge < -0.3 is 29.2 Å². The van der Waals surface area contributed by atoms with E-state index >= 15 is 0 Å². The van der Waals surface area contributed by atoms with Gasteiger partial charge in [-0.15, -0.1) is 0 Å². The van der Waals surface area contributed by atoms with Crippen LogP contribution >= 0.6 is 0 Å². The van der Waals surface area contributed by atoms with E-state index in [1.807, 2.05) is 18.7 Å². The number of fused-ring (bicyclic) bond motifs is 5. The molecule has 10 heteroatoms. The predicted molar refractivity (Wildman–Crippen MR) is 217 cm³/mol. The van der Waals surface area contributed by atoms with E-state index < -0.39 is 30.5 Å². The molecule has 2 saturated heterocycles. The van der Waals surface area contributed by atoms with Gasteiger partial charge in [0, 0.05) is 6.54 Å². The Hall–Kier alpha value is -4.67. The lowest BCUT2D eigenvalue weighted by atomic mass is 9.72. The van der Waals surface area contributed by atoms with E-state index in [1.54, 1.807) is 0 Å². The lowest BCUT2D eigenvalue weighted by Gasteiger charge is -2.32. The number of alkyl carbamates (subject to hydrolysis) is 1. The smallest absolute Gasteiger partial charge is 0.453 e. The zero-order valence-corrected chi connectivity index (χ0v) is 33.0. The SMILES string of the molecule is COC(=O)N[C@H](C(=O)N1CCC[C@H]1c1nc2ccc(-c3ccc(-c4ccc(B5OC(C)(C)C(C)(C)O5)c5ccccc45)c4c3CC3CCC43)cc2[nH]1)C(C)C. The highest BCUT2D eigenvalue weighted by Gasteiger charge is 2.52. The van der Waals surface area contributed by atoms with Crippen LogP contribution in [0.2, 0.25) is 0 Å². The molecule has 2 aliphatic heterocycles. The van der Waals surface area contributed by atoms with Crippen molar-refractivity contribution in [2.24, 2.45) is 11.8 Å². The lowest BCUT2D eigenvalue weighted by Crippen LogP contribution is -2.51. The molecular formula is C45H51BN4O5. The fourth-order valence-electron chi connectivity index (χ4n) is 9.55. The number of carbonyl (C=O) groups is 2. The quantitative estimate of drug-likeness (QED) is 0.163. The van der Waals surface area contributed by atoms with Crippen LogP contribution < -0.4 is 10.8 Å². The molecule has 9 nitrogen and oxygen atoms in total. The van der Waals surface area contributed by atoms with Gasteiger partial charge in [0.1, 0.15) is 11.9 Å². The highest BCUT2D eigenvalue weighted by Crippen LogP contribution is 2.56. The summed E-state index contributed by atoms with van der Waals surface area (Å²) in [6.45, 7) is 12.9. The number of aromatic nitrogens is 2. The van der Waals surface area contributed by atoms with Gasteiger partial charge in [-0.3, -0.25) is 4.79 Å². The zero-order chi connectivity index (χ0) is 38.4. The Labute approximate surface area is 323 Å². The Kier molecular flexibility index (Phi) is 8.66. The number of benzene rings is 4. The monoisotopic (exact) mass is 738 g/mol. The van der Waals surface area contributed by atoms with E-state index in [-0.39, 0.29) is 17.9 Å². The number of aromatic amines is 1. The Morgan fingerprint density at radius 2 is 1.65 bits per heavy atom. The van der Waals surface area contributed by atoms with Crippen LogP contribution in [0.4, 0.5) is 4.79 Å². The fraction of sp³-hybridized carbons (Fsp3) is 0.444. The van der Waals surface area contributed by atoms with Crippen LogP contribution in [0.1, 0.15) is 96.1 Å². The van der Waals surface area contributed by atoms with Crippen LogP contribution in [-0.4, -0.2) is 64.9 Å². The first-order chi connectivity index (χ1) is 26.3. The summed E-state index contributed by atoms with van der Waals surface area (Å²) in [5, 5.41) is 5.14. The molecule has 55 heavy (non-hydrogen) atoms. The number of rotatable bonds is 7. The minimum atomic E-state index is -0.671. The van der Waals surface area contributed by atoms with Gasteiger partial charge in [-0.25, -0.2) is 9.78 Å². The van der Waals surface area contributed by atoms with E-state index in [2.05, 4.69) is 105 Å². The van der Waals surface area contributed by atoms with Gasteiger partial charge in [0.25, 0.3) is 0 Å². The summed E-state index contributed by atoms with van der Waals surface area (Å²) in [5.41, 5.74) is 10.1. The Balaban J connectivity index is 1.06. The van der Waals surface area contributed by atoms with E-state index in [9.17, 15) is 9.59 Å². The van der Waals surface area contributed by atoms with Crippen LogP contribution in [0.25, 0.3) is 44.1 Å². The lowest BCUT2D eigenvalue weighted by molar-refractivity contribution is -0.135. The van der Waals surface area contributed by atoms with Gasteiger partial charge in [-0.1, -0.05) is 68.4 Å². The Morgan fingerprint density at radius 3 is 2.36 bits per heavy atom. The van der Waals surface area contributed by atoms with Crippen LogP contribution in [0.3, 0.4) is 0 Å². The second-order valence-corrected chi connectivity index (χ2v) is 17.4. The number of imidazole rings is 1. The summed E-state index contributed by atoms with van der Waals surface area (Å²) in [6, 6.07) is 23.6. The summed E-state index contributed by atoms with van der Waals surface area (Å²) in [5.74, 6) is 1.84. The highest BCUT2D eigenvalue weighted by atomic mass is 16.7.